The summed E-state index contributed by atoms with van der Waals surface area (Å²) in [6, 6.07) is 0. The Morgan fingerprint density at radius 3 is 2.82 bits per heavy atom. The second kappa shape index (κ2) is 6.19. The van der Waals surface area contributed by atoms with Crippen molar-refractivity contribution in [3.63, 3.8) is 0 Å². The van der Waals surface area contributed by atoms with Gasteiger partial charge in [-0.1, -0.05) is 0 Å². The number of thiazole rings is 1. The number of likely N-dealkylation sites (N-methyl/N-ethyl adjacent to an activating group) is 1. The van der Waals surface area contributed by atoms with E-state index in [9.17, 15) is 9.59 Å². The average molecular weight is 256 g/mol. The molecule has 0 aliphatic rings. The Morgan fingerprint density at radius 2 is 2.29 bits per heavy atom. The first-order chi connectivity index (χ1) is 8.02. The molecular weight excluding hydrogens is 240 g/mol. The van der Waals surface area contributed by atoms with E-state index in [1.165, 1.54) is 11.3 Å². The Balaban J connectivity index is 2.33. The molecular formula is C10H16N4O2S. The summed E-state index contributed by atoms with van der Waals surface area (Å²) in [5.41, 5.74) is 6.08. The number of hydrogen-bond donors (Lipinski definition) is 2. The van der Waals surface area contributed by atoms with Crippen LogP contribution in [-0.2, 0) is 16.0 Å². The van der Waals surface area contributed by atoms with Crippen LogP contribution in [0, 0.1) is 0 Å². The normalized spacial score (nSPS) is 10.0. The summed E-state index contributed by atoms with van der Waals surface area (Å²) in [4.78, 5) is 28.4. The number of anilines is 1. The number of nitrogen functional groups attached to an aromatic ring is 1. The van der Waals surface area contributed by atoms with Gasteiger partial charge in [0, 0.05) is 19.0 Å². The fourth-order valence-electron chi connectivity index (χ4n) is 1.12. The maximum absolute atomic E-state index is 11.5. The summed E-state index contributed by atoms with van der Waals surface area (Å²) < 4.78 is 0. The molecule has 0 radical (unpaired) electrons. The molecule has 0 aromatic carbocycles. The number of aromatic nitrogens is 1. The van der Waals surface area contributed by atoms with Gasteiger partial charge in [-0.25, -0.2) is 4.98 Å². The van der Waals surface area contributed by atoms with Crippen molar-refractivity contribution >= 4 is 28.3 Å². The summed E-state index contributed by atoms with van der Waals surface area (Å²) in [7, 11) is 1.69. The highest BCUT2D eigenvalue weighted by molar-refractivity contribution is 7.13. The standard InChI is InChI=1S/C10H16N4O2S/c1-3-14(2)9(16)5-12-8(15)4-7-6-17-10(11)13-7/h6H,3-5H2,1-2H3,(H2,11,13)(H,12,15). The van der Waals surface area contributed by atoms with Crippen LogP contribution in [0.5, 0.6) is 0 Å². The number of carbonyl (C=O) groups excluding carboxylic acids is 2. The quantitative estimate of drug-likeness (QED) is 0.767. The molecule has 1 heterocycles. The summed E-state index contributed by atoms with van der Waals surface area (Å²) in [5, 5.41) is 4.72. The van der Waals surface area contributed by atoms with Gasteiger partial charge in [0.1, 0.15) is 0 Å². The van der Waals surface area contributed by atoms with Crippen molar-refractivity contribution in [2.24, 2.45) is 0 Å². The maximum Gasteiger partial charge on any atom is 0.241 e. The lowest BCUT2D eigenvalue weighted by atomic mass is 10.3. The third-order valence-electron chi connectivity index (χ3n) is 2.25. The average Bonchev–Trinajstić information content (AvgIpc) is 2.70. The van der Waals surface area contributed by atoms with Gasteiger partial charge in [0.25, 0.3) is 0 Å². The first-order valence-corrected chi connectivity index (χ1v) is 6.11. The summed E-state index contributed by atoms with van der Waals surface area (Å²) in [5.74, 6) is -0.341. The fourth-order valence-corrected chi connectivity index (χ4v) is 1.68. The van der Waals surface area contributed by atoms with Gasteiger partial charge in [-0.2, -0.15) is 0 Å². The largest absolute Gasteiger partial charge is 0.375 e. The smallest absolute Gasteiger partial charge is 0.241 e. The van der Waals surface area contributed by atoms with Gasteiger partial charge in [-0.05, 0) is 6.92 Å². The predicted molar refractivity (Wildman–Crippen MR) is 66.6 cm³/mol. The SMILES string of the molecule is CCN(C)C(=O)CNC(=O)Cc1csc(N)n1. The first-order valence-electron chi connectivity index (χ1n) is 5.23. The number of hydrogen-bond acceptors (Lipinski definition) is 5. The van der Waals surface area contributed by atoms with Crippen LogP contribution in [0.2, 0.25) is 0 Å². The number of nitrogens with two attached hydrogens (primary N) is 1. The molecule has 0 bridgehead atoms. The Morgan fingerprint density at radius 1 is 1.59 bits per heavy atom. The molecule has 0 saturated heterocycles. The highest BCUT2D eigenvalue weighted by Crippen LogP contribution is 2.11. The van der Waals surface area contributed by atoms with E-state index < -0.39 is 0 Å². The lowest BCUT2D eigenvalue weighted by Gasteiger charge is -2.14. The lowest BCUT2D eigenvalue weighted by Crippen LogP contribution is -2.38. The van der Waals surface area contributed by atoms with Crippen molar-refractivity contribution in [2.45, 2.75) is 13.3 Å². The zero-order valence-corrected chi connectivity index (χ0v) is 10.7. The summed E-state index contributed by atoms with van der Waals surface area (Å²) in [6.45, 7) is 2.51. The zero-order chi connectivity index (χ0) is 12.8. The van der Waals surface area contributed by atoms with Crippen molar-refractivity contribution in [1.29, 1.82) is 0 Å². The topological polar surface area (TPSA) is 88.3 Å². The second-order valence-electron chi connectivity index (χ2n) is 3.54. The molecule has 0 spiro atoms. The molecule has 0 saturated carbocycles. The Hall–Kier alpha value is -1.63. The molecule has 7 heteroatoms. The van der Waals surface area contributed by atoms with Crippen LogP contribution in [-0.4, -0.2) is 41.8 Å². The van der Waals surface area contributed by atoms with Crippen LogP contribution in [0.25, 0.3) is 0 Å². The summed E-state index contributed by atoms with van der Waals surface area (Å²) >= 11 is 1.29. The van der Waals surface area contributed by atoms with Gasteiger partial charge in [0.15, 0.2) is 5.13 Å². The van der Waals surface area contributed by atoms with Gasteiger partial charge in [0.05, 0.1) is 18.7 Å². The van der Waals surface area contributed by atoms with Gasteiger partial charge >= 0.3 is 0 Å². The summed E-state index contributed by atoms with van der Waals surface area (Å²) in [6.07, 6.45) is 0.150. The lowest BCUT2D eigenvalue weighted by molar-refractivity contribution is -0.131. The fraction of sp³-hybridized carbons (Fsp3) is 0.500. The van der Waals surface area contributed by atoms with Crippen LogP contribution < -0.4 is 11.1 Å². The van der Waals surface area contributed by atoms with Crippen molar-refractivity contribution < 1.29 is 9.59 Å². The third-order valence-corrected chi connectivity index (χ3v) is 2.97. The highest BCUT2D eigenvalue weighted by Gasteiger charge is 2.10. The minimum absolute atomic E-state index is 0.0167. The molecule has 1 aromatic heterocycles. The van der Waals surface area contributed by atoms with Crippen molar-refractivity contribution in [1.82, 2.24) is 15.2 Å². The molecule has 0 atom stereocenters. The van der Waals surface area contributed by atoms with Crippen molar-refractivity contribution in [3.8, 4) is 0 Å². The minimum Gasteiger partial charge on any atom is -0.375 e. The van der Waals surface area contributed by atoms with E-state index in [0.717, 1.165) is 0 Å². The van der Waals surface area contributed by atoms with Crippen LogP contribution in [0.4, 0.5) is 5.13 Å². The predicted octanol–water partition coefficient (Wildman–Crippen LogP) is -0.138. The van der Waals surface area contributed by atoms with E-state index in [1.54, 1.807) is 17.3 Å². The van der Waals surface area contributed by atoms with Gasteiger partial charge in [-0.3, -0.25) is 9.59 Å². The number of amides is 2. The number of carbonyl (C=O) groups is 2. The van der Waals surface area contributed by atoms with E-state index in [0.29, 0.717) is 17.4 Å². The maximum atomic E-state index is 11.5. The molecule has 94 valence electrons. The van der Waals surface area contributed by atoms with E-state index in [-0.39, 0.29) is 24.8 Å². The van der Waals surface area contributed by atoms with E-state index in [1.807, 2.05) is 6.92 Å². The highest BCUT2D eigenvalue weighted by atomic mass is 32.1. The molecule has 0 fully saturated rings. The molecule has 6 nitrogen and oxygen atoms in total. The first kappa shape index (κ1) is 13.4. The number of rotatable bonds is 5. The van der Waals surface area contributed by atoms with E-state index >= 15 is 0 Å². The van der Waals surface area contributed by atoms with Crippen molar-refractivity contribution in [3.05, 3.63) is 11.1 Å². The molecule has 0 aliphatic heterocycles. The molecule has 1 aromatic rings. The van der Waals surface area contributed by atoms with E-state index in [2.05, 4.69) is 10.3 Å². The number of nitrogens with zero attached hydrogens (tertiary/aromatic N) is 2. The monoisotopic (exact) mass is 256 g/mol. The Bertz CT molecular complexity index is 405. The van der Waals surface area contributed by atoms with Crippen LogP contribution in [0.3, 0.4) is 0 Å². The van der Waals surface area contributed by atoms with Gasteiger partial charge in [0.2, 0.25) is 11.8 Å². The van der Waals surface area contributed by atoms with E-state index in [4.69, 9.17) is 5.73 Å². The van der Waals surface area contributed by atoms with Crippen LogP contribution >= 0.6 is 11.3 Å². The molecule has 0 unspecified atom stereocenters. The minimum atomic E-state index is -0.229. The second-order valence-corrected chi connectivity index (χ2v) is 4.43. The number of nitrogens with one attached hydrogen (secondary N) is 1. The molecule has 1 rings (SSSR count). The third kappa shape index (κ3) is 4.39. The zero-order valence-electron chi connectivity index (χ0n) is 9.90. The Labute approximate surface area is 104 Å². The van der Waals surface area contributed by atoms with Gasteiger partial charge < -0.3 is 16.0 Å². The molecule has 2 amide bonds. The van der Waals surface area contributed by atoms with Crippen LogP contribution in [0.1, 0.15) is 12.6 Å². The van der Waals surface area contributed by atoms with Crippen LogP contribution in [0.15, 0.2) is 5.38 Å². The van der Waals surface area contributed by atoms with Crippen molar-refractivity contribution in [2.75, 3.05) is 25.9 Å². The molecule has 17 heavy (non-hydrogen) atoms. The molecule has 0 aliphatic carbocycles. The van der Waals surface area contributed by atoms with Gasteiger partial charge in [-0.15, -0.1) is 11.3 Å². The molecule has 3 N–H and O–H groups in total. The Kier molecular flexibility index (Phi) is 4.89.